The summed E-state index contributed by atoms with van der Waals surface area (Å²) in [5.74, 6) is 0.760. The molecule has 3 aromatic rings. The molecule has 1 saturated heterocycles. The Morgan fingerprint density at radius 3 is 2.48 bits per heavy atom. The first kappa shape index (κ1) is 21.5. The van der Waals surface area contributed by atoms with Gasteiger partial charge in [-0.05, 0) is 68.5 Å². The average Bonchev–Trinajstić information content (AvgIpc) is 3.66. The molecule has 2 aliphatic rings. The van der Waals surface area contributed by atoms with Crippen molar-refractivity contribution in [3.8, 4) is 0 Å². The first-order chi connectivity index (χ1) is 16.2. The van der Waals surface area contributed by atoms with E-state index in [-0.39, 0.29) is 11.9 Å². The van der Waals surface area contributed by atoms with Crippen LogP contribution in [0.15, 0.2) is 54.7 Å². The molecule has 0 radical (unpaired) electrons. The number of halogens is 1. The van der Waals surface area contributed by atoms with Crippen LogP contribution in [0, 0.1) is 0 Å². The summed E-state index contributed by atoms with van der Waals surface area (Å²) in [6.07, 6.45) is 7.43. The summed E-state index contributed by atoms with van der Waals surface area (Å²) >= 11 is 6.36. The van der Waals surface area contributed by atoms with Crippen molar-refractivity contribution in [3.63, 3.8) is 0 Å². The van der Waals surface area contributed by atoms with Crippen LogP contribution in [-0.2, 0) is 0 Å². The van der Waals surface area contributed by atoms with Crippen molar-refractivity contribution in [2.45, 2.75) is 38.1 Å². The molecule has 1 saturated carbocycles. The van der Waals surface area contributed by atoms with E-state index in [0.29, 0.717) is 28.0 Å². The van der Waals surface area contributed by atoms with E-state index < -0.39 is 0 Å². The minimum Gasteiger partial charge on any atom is -0.372 e. The molecule has 0 bridgehead atoms. The predicted octanol–water partition coefficient (Wildman–Crippen LogP) is 5.50. The van der Waals surface area contributed by atoms with E-state index in [9.17, 15) is 4.79 Å². The molecule has 7 nitrogen and oxygen atoms in total. The predicted molar refractivity (Wildman–Crippen MR) is 133 cm³/mol. The van der Waals surface area contributed by atoms with E-state index in [2.05, 4.69) is 43.0 Å². The van der Waals surface area contributed by atoms with Crippen LogP contribution in [-0.4, -0.2) is 35.0 Å². The Morgan fingerprint density at radius 1 is 0.970 bits per heavy atom. The fourth-order valence-corrected chi connectivity index (χ4v) is 4.10. The lowest BCUT2D eigenvalue weighted by Gasteiger charge is -2.28. The molecule has 1 aliphatic carbocycles. The second-order valence-corrected chi connectivity index (χ2v) is 8.94. The average molecular weight is 463 g/mol. The van der Waals surface area contributed by atoms with E-state index in [1.807, 2.05) is 30.3 Å². The fourth-order valence-electron chi connectivity index (χ4n) is 3.96. The molecule has 33 heavy (non-hydrogen) atoms. The Kier molecular flexibility index (Phi) is 6.30. The van der Waals surface area contributed by atoms with Crippen LogP contribution in [0.1, 0.15) is 42.5 Å². The highest BCUT2D eigenvalue weighted by Crippen LogP contribution is 2.28. The first-order valence-corrected chi connectivity index (χ1v) is 11.8. The molecular formula is C25H27ClN6O. The van der Waals surface area contributed by atoms with Crippen molar-refractivity contribution < 1.29 is 4.79 Å². The summed E-state index contributed by atoms with van der Waals surface area (Å²) in [5.41, 5.74) is 3.34. The normalized spacial score (nSPS) is 15.7. The van der Waals surface area contributed by atoms with Crippen LogP contribution in [0.4, 0.5) is 28.8 Å². The number of para-hydroxylation sites is 1. The molecule has 0 unspecified atom stereocenters. The quantitative estimate of drug-likeness (QED) is 0.430. The van der Waals surface area contributed by atoms with Gasteiger partial charge in [-0.15, -0.1) is 0 Å². The van der Waals surface area contributed by atoms with Crippen molar-refractivity contribution in [1.82, 2.24) is 15.3 Å². The maximum Gasteiger partial charge on any atom is 0.253 e. The molecule has 2 fully saturated rings. The first-order valence-electron chi connectivity index (χ1n) is 11.5. The van der Waals surface area contributed by atoms with Crippen LogP contribution in [0.5, 0.6) is 0 Å². The van der Waals surface area contributed by atoms with Gasteiger partial charge < -0.3 is 20.9 Å². The molecule has 0 spiro atoms. The van der Waals surface area contributed by atoms with E-state index in [4.69, 9.17) is 11.6 Å². The number of aromatic nitrogens is 2. The standard InChI is InChI=1S/C25H27ClN6O/c26-21-16-27-25(29-18-10-12-19(13-11-18)32-14-4-1-5-15-32)31-23(21)30-22-7-3-2-6-20(22)24(33)28-17-8-9-17/h2-3,6-7,10-13,16-17H,1,4-5,8-9,14-15H2,(H,28,33)(H2,27,29,30,31). The number of amides is 1. The van der Waals surface area contributed by atoms with Gasteiger partial charge in [-0.3, -0.25) is 4.79 Å². The van der Waals surface area contributed by atoms with Crippen molar-refractivity contribution >= 4 is 46.3 Å². The van der Waals surface area contributed by atoms with Crippen LogP contribution in [0.3, 0.4) is 0 Å². The minimum absolute atomic E-state index is 0.0991. The number of benzene rings is 2. The second-order valence-electron chi connectivity index (χ2n) is 8.53. The summed E-state index contributed by atoms with van der Waals surface area (Å²) in [5, 5.41) is 9.84. The third-order valence-electron chi connectivity index (χ3n) is 5.93. The zero-order valence-electron chi connectivity index (χ0n) is 18.4. The second kappa shape index (κ2) is 9.67. The molecule has 170 valence electrons. The highest BCUT2D eigenvalue weighted by atomic mass is 35.5. The van der Waals surface area contributed by atoms with Gasteiger partial charge in [0, 0.05) is 30.5 Å². The van der Waals surface area contributed by atoms with Gasteiger partial charge in [0.2, 0.25) is 5.95 Å². The lowest BCUT2D eigenvalue weighted by molar-refractivity contribution is 0.0952. The molecule has 5 rings (SSSR count). The van der Waals surface area contributed by atoms with E-state index in [0.717, 1.165) is 31.6 Å². The number of nitrogens with one attached hydrogen (secondary N) is 3. The number of rotatable bonds is 7. The highest BCUT2D eigenvalue weighted by Gasteiger charge is 2.25. The van der Waals surface area contributed by atoms with Gasteiger partial charge in [0.15, 0.2) is 5.82 Å². The number of hydrogen-bond acceptors (Lipinski definition) is 6. The Morgan fingerprint density at radius 2 is 1.73 bits per heavy atom. The molecule has 2 heterocycles. The molecule has 1 amide bonds. The van der Waals surface area contributed by atoms with Gasteiger partial charge in [-0.25, -0.2) is 4.98 Å². The highest BCUT2D eigenvalue weighted by molar-refractivity contribution is 6.33. The molecule has 1 aliphatic heterocycles. The Balaban J connectivity index is 1.30. The van der Waals surface area contributed by atoms with Crippen LogP contribution in [0.2, 0.25) is 5.02 Å². The minimum atomic E-state index is -0.0991. The third-order valence-corrected chi connectivity index (χ3v) is 6.20. The van der Waals surface area contributed by atoms with Gasteiger partial charge in [0.1, 0.15) is 5.02 Å². The lowest BCUT2D eigenvalue weighted by atomic mass is 10.1. The van der Waals surface area contributed by atoms with Gasteiger partial charge in [-0.1, -0.05) is 23.7 Å². The molecule has 8 heteroatoms. The summed E-state index contributed by atoms with van der Waals surface area (Å²) < 4.78 is 0. The lowest BCUT2D eigenvalue weighted by Crippen LogP contribution is -2.29. The SMILES string of the molecule is O=C(NC1CC1)c1ccccc1Nc1nc(Nc2ccc(N3CCCCC3)cc2)ncc1Cl. The van der Waals surface area contributed by atoms with Crippen LogP contribution >= 0.6 is 11.6 Å². The van der Waals surface area contributed by atoms with E-state index >= 15 is 0 Å². The molecular weight excluding hydrogens is 436 g/mol. The number of carbonyl (C=O) groups is 1. The Hall–Kier alpha value is -3.32. The van der Waals surface area contributed by atoms with Crippen molar-refractivity contribution in [2.24, 2.45) is 0 Å². The number of carbonyl (C=O) groups excluding carboxylic acids is 1. The van der Waals surface area contributed by atoms with Crippen molar-refractivity contribution in [2.75, 3.05) is 28.6 Å². The summed E-state index contributed by atoms with van der Waals surface area (Å²) in [4.78, 5) is 23.9. The Bertz CT molecular complexity index is 1130. The monoisotopic (exact) mass is 462 g/mol. The number of nitrogens with zero attached hydrogens (tertiary/aromatic N) is 3. The van der Waals surface area contributed by atoms with E-state index in [1.54, 1.807) is 12.3 Å². The van der Waals surface area contributed by atoms with Gasteiger partial charge in [0.05, 0.1) is 17.4 Å². The zero-order chi connectivity index (χ0) is 22.6. The third kappa shape index (κ3) is 5.37. The smallest absolute Gasteiger partial charge is 0.253 e. The summed E-state index contributed by atoms with van der Waals surface area (Å²) in [7, 11) is 0. The summed E-state index contributed by atoms with van der Waals surface area (Å²) in [6, 6.07) is 15.9. The zero-order valence-corrected chi connectivity index (χ0v) is 19.1. The fraction of sp³-hybridized carbons (Fsp3) is 0.320. The molecule has 3 N–H and O–H groups in total. The van der Waals surface area contributed by atoms with Crippen LogP contribution in [0.25, 0.3) is 0 Å². The number of piperidine rings is 1. The molecule has 2 aromatic carbocycles. The maximum atomic E-state index is 12.6. The molecule has 1 aromatic heterocycles. The molecule has 0 atom stereocenters. The van der Waals surface area contributed by atoms with Crippen molar-refractivity contribution in [1.29, 1.82) is 0 Å². The summed E-state index contributed by atoms with van der Waals surface area (Å²) in [6.45, 7) is 2.23. The van der Waals surface area contributed by atoms with Crippen LogP contribution < -0.4 is 20.9 Å². The maximum absolute atomic E-state index is 12.6. The van der Waals surface area contributed by atoms with E-state index in [1.165, 1.54) is 24.9 Å². The Labute approximate surface area is 198 Å². The number of hydrogen-bond donors (Lipinski definition) is 3. The van der Waals surface area contributed by atoms with Gasteiger partial charge in [-0.2, -0.15) is 4.98 Å². The largest absolute Gasteiger partial charge is 0.372 e. The van der Waals surface area contributed by atoms with Gasteiger partial charge >= 0.3 is 0 Å². The topological polar surface area (TPSA) is 82.2 Å². The van der Waals surface area contributed by atoms with Gasteiger partial charge in [0.25, 0.3) is 5.91 Å². The van der Waals surface area contributed by atoms with Crippen molar-refractivity contribution in [3.05, 3.63) is 65.3 Å². The number of anilines is 5.